The van der Waals surface area contributed by atoms with E-state index in [4.69, 9.17) is 9.47 Å². The summed E-state index contributed by atoms with van der Waals surface area (Å²) in [5.41, 5.74) is 3.92. The number of hydrogen-bond acceptors (Lipinski definition) is 6. The Morgan fingerprint density at radius 2 is 1.39 bits per heavy atom. The number of sulfonamides is 1. The average Bonchev–Trinajstić information content (AvgIpc) is 2.82. The molecule has 1 aliphatic rings. The van der Waals surface area contributed by atoms with Gasteiger partial charge >= 0.3 is 0 Å². The quantitative estimate of drug-likeness (QED) is 0.492. The Bertz CT molecular complexity index is 1330. The number of hydrazine groups is 1. The summed E-state index contributed by atoms with van der Waals surface area (Å²) in [7, 11) is -4.09. The van der Waals surface area contributed by atoms with Gasteiger partial charge in [0.05, 0.1) is 21.7 Å². The molecule has 0 aromatic heterocycles. The maximum absolute atomic E-state index is 13.7. The number of hydrogen-bond donors (Lipinski definition) is 3. The van der Waals surface area contributed by atoms with Crippen LogP contribution in [0.5, 0.6) is 11.5 Å². The number of rotatable bonds is 5. The molecule has 0 bridgehead atoms. The fourth-order valence-electron chi connectivity index (χ4n) is 3.06. The van der Waals surface area contributed by atoms with Crippen molar-refractivity contribution in [1.29, 1.82) is 0 Å². The van der Waals surface area contributed by atoms with E-state index in [1.165, 1.54) is 60.7 Å². The smallest absolute Gasteiger partial charge is 0.272 e. The van der Waals surface area contributed by atoms with Crippen LogP contribution in [0.25, 0.3) is 0 Å². The van der Waals surface area contributed by atoms with Crippen molar-refractivity contribution < 1.29 is 31.9 Å². The maximum atomic E-state index is 13.7. The van der Waals surface area contributed by atoms with E-state index in [0.717, 1.165) is 6.07 Å². The molecule has 0 atom stereocenters. The summed E-state index contributed by atoms with van der Waals surface area (Å²) < 4.78 is 52.7. The summed E-state index contributed by atoms with van der Waals surface area (Å²) >= 11 is 0. The second-order valence-corrected chi connectivity index (χ2v) is 8.53. The molecule has 1 heterocycles. The van der Waals surface area contributed by atoms with Crippen LogP contribution >= 0.6 is 0 Å². The Hall–Kier alpha value is -4.12. The monoisotopic (exact) mass is 471 g/mol. The average molecular weight is 471 g/mol. The van der Waals surface area contributed by atoms with Crippen LogP contribution in [0.2, 0.25) is 0 Å². The fourth-order valence-corrected chi connectivity index (χ4v) is 4.15. The van der Waals surface area contributed by atoms with E-state index in [0.29, 0.717) is 24.7 Å². The molecular formula is C22H18FN3O6S. The van der Waals surface area contributed by atoms with E-state index >= 15 is 0 Å². The fraction of sp³-hybridized carbons (Fsp3) is 0.0909. The lowest BCUT2D eigenvalue weighted by molar-refractivity contribution is 0.0844. The molecule has 170 valence electrons. The summed E-state index contributed by atoms with van der Waals surface area (Å²) in [6.07, 6.45) is 0. The number of ether oxygens (including phenoxy) is 2. The van der Waals surface area contributed by atoms with Crippen molar-refractivity contribution in [3.63, 3.8) is 0 Å². The van der Waals surface area contributed by atoms with Crippen LogP contribution in [0.1, 0.15) is 20.7 Å². The molecule has 3 aromatic carbocycles. The van der Waals surface area contributed by atoms with Crippen LogP contribution in [0.3, 0.4) is 0 Å². The molecule has 2 amide bonds. The van der Waals surface area contributed by atoms with Gasteiger partial charge in [0, 0.05) is 6.07 Å². The molecule has 3 aromatic rings. The standard InChI is InChI=1S/C22H18FN3O6S/c23-17-7-3-1-5-15(17)21(27)24-25-22(28)16-6-2-4-8-18(16)26-33(29,30)14-9-10-19-20(13-14)32-12-11-31-19/h1-10,13,26H,11-12H2,(H,24,27)(H,25,28). The molecule has 0 aliphatic carbocycles. The van der Waals surface area contributed by atoms with Gasteiger partial charge in [-0.3, -0.25) is 25.2 Å². The Balaban J connectivity index is 1.50. The number of benzene rings is 3. The van der Waals surface area contributed by atoms with Crippen molar-refractivity contribution in [1.82, 2.24) is 10.9 Å². The number of amides is 2. The van der Waals surface area contributed by atoms with Crippen LogP contribution in [0.15, 0.2) is 71.6 Å². The molecule has 4 rings (SSSR count). The number of fused-ring (bicyclic) bond motifs is 1. The van der Waals surface area contributed by atoms with E-state index < -0.39 is 27.7 Å². The second-order valence-electron chi connectivity index (χ2n) is 6.84. The van der Waals surface area contributed by atoms with Crippen molar-refractivity contribution in [3.05, 3.63) is 83.7 Å². The molecule has 0 fully saturated rings. The van der Waals surface area contributed by atoms with Gasteiger partial charge in [-0.25, -0.2) is 12.8 Å². The predicted octanol–water partition coefficient (Wildman–Crippen LogP) is 2.47. The first-order valence-electron chi connectivity index (χ1n) is 9.72. The molecule has 3 N–H and O–H groups in total. The van der Waals surface area contributed by atoms with Gasteiger partial charge in [0.15, 0.2) is 11.5 Å². The third-order valence-corrected chi connectivity index (χ3v) is 6.01. The van der Waals surface area contributed by atoms with E-state index in [2.05, 4.69) is 15.6 Å². The Labute approximate surface area is 188 Å². The number of nitrogens with one attached hydrogen (secondary N) is 3. The predicted molar refractivity (Wildman–Crippen MR) is 116 cm³/mol. The van der Waals surface area contributed by atoms with Crippen LogP contribution in [0.4, 0.5) is 10.1 Å². The van der Waals surface area contributed by atoms with Crippen molar-refractivity contribution in [2.75, 3.05) is 17.9 Å². The molecule has 33 heavy (non-hydrogen) atoms. The first-order valence-corrected chi connectivity index (χ1v) is 11.2. The molecule has 0 saturated heterocycles. The zero-order chi connectivity index (χ0) is 23.4. The van der Waals surface area contributed by atoms with Gasteiger partial charge in [-0.15, -0.1) is 0 Å². The number of carbonyl (C=O) groups excluding carboxylic acids is 2. The molecule has 11 heteroatoms. The van der Waals surface area contributed by atoms with E-state index in [-0.39, 0.29) is 21.7 Å². The number of halogens is 1. The SMILES string of the molecule is O=C(NNC(=O)c1ccccc1NS(=O)(=O)c1ccc2c(c1)OCCO2)c1ccccc1F. The first-order chi connectivity index (χ1) is 15.8. The van der Waals surface area contributed by atoms with Crippen molar-refractivity contribution >= 4 is 27.5 Å². The van der Waals surface area contributed by atoms with Crippen LogP contribution in [-0.4, -0.2) is 33.4 Å². The topological polar surface area (TPSA) is 123 Å². The van der Waals surface area contributed by atoms with Gasteiger partial charge in [0.2, 0.25) is 0 Å². The van der Waals surface area contributed by atoms with Gasteiger partial charge in [0.1, 0.15) is 19.0 Å². The van der Waals surface area contributed by atoms with Crippen molar-refractivity contribution in [2.45, 2.75) is 4.90 Å². The normalized spacial score (nSPS) is 12.5. The molecule has 1 aliphatic heterocycles. The Morgan fingerprint density at radius 1 is 0.788 bits per heavy atom. The molecule has 0 unspecified atom stereocenters. The number of para-hydroxylation sites is 1. The van der Waals surface area contributed by atoms with Gasteiger partial charge < -0.3 is 9.47 Å². The van der Waals surface area contributed by atoms with Crippen LogP contribution < -0.4 is 25.0 Å². The van der Waals surface area contributed by atoms with Crippen molar-refractivity contribution in [2.24, 2.45) is 0 Å². The molecular weight excluding hydrogens is 453 g/mol. The molecule has 0 spiro atoms. The van der Waals surface area contributed by atoms with Gasteiger partial charge in [-0.2, -0.15) is 0 Å². The second kappa shape index (κ2) is 9.17. The van der Waals surface area contributed by atoms with Crippen LogP contribution in [0, 0.1) is 5.82 Å². The largest absolute Gasteiger partial charge is 0.486 e. The van der Waals surface area contributed by atoms with E-state index in [9.17, 15) is 22.4 Å². The van der Waals surface area contributed by atoms with Gasteiger partial charge in [-0.1, -0.05) is 24.3 Å². The minimum Gasteiger partial charge on any atom is -0.486 e. The molecule has 0 radical (unpaired) electrons. The molecule has 9 nitrogen and oxygen atoms in total. The lowest BCUT2D eigenvalue weighted by atomic mass is 10.2. The van der Waals surface area contributed by atoms with Gasteiger partial charge in [-0.05, 0) is 36.4 Å². The zero-order valence-electron chi connectivity index (χ0n) is 17.0. The zero-order valence-corrected chi connectivity index (χ0v) is 17.8. The first kappa shape index (κ1) is 22.1. The van der Waals surface area contributed by atoms with E-state index in [1.807, 2.05) is 0 Å². The maximum Gasteiger partial charge on any atom is 0.272 e. The summed E-state index contributed by atoms with van der Waals surface area (Å²) in [5.74, 6) is -1.69. The Morgan fingerprint density at radius 3 is 2.12 bits per heavy atom. The minimum atomic E-state index is -4.09. The minimum absolute atomic E-state index is 0.0231. The lowest BCUT2D eigenvalue weighted by Gasteiger charge is -2.19. The summed E-state index contributed by atoms with van der Waals surface area (Å²) in [6.45, 7) is 0.665. The van der Waals surface area contributed by atoms with Crippen molar-refractivity contribution in [3.8, 4) is 11.5 Å². The highest BCUT2D eigenvalue weighted by molar-refractivity contribution is 7.92. The number of anilines is 1. The molecule has 0 saturated carbocycles. The summed E-state index contributed by atoms with van der Waals surface area (Å²) in [4.78, 5) is 24.6. The van der Waals surface area contributed by atoms with Crippen LogP contribution in [-0.2, 0) is 10.0 Å². The Kier molecular flexibility index (Phi) is 6.13. The lowest BCUT2D eigenvalue weighted by Crippen LogP contribution is -2.42. The highest BCUT2D eigenvalue weighted by atomic mass is 32.2. The number of carbonyl (C=O) groups is 2. The third kappa shape index (κ3) is 4.88. The third-order valence-electron chi connectivity index (χ3n) is 4.65. The summed E-state index contributed by atoms with van der Waals surface area (Å²) in [5, 5.41) is 0. The van der Waals surface area contributed by atoms with Gasteiger partial charge in [0.25, 0.3) is 21.8 Å². The summed E-state index contributed by atoms with van der Waals surface area (Å²) in [6, 6.07) is 15.3. The highest BCUT2D eigenvalue weighted by Gasteiger charge is 2.22. The highest BCUT2D eigenvalue weighted by Crippen LogP contribution is 2.33. The van der Waals surface area contributed by atoms with E-state index in [1.54, 1.807) is 0 Å².